The molecule has 4 aliphatic rings. The number of anilines is 3. The van der Waals surface area contributed by atoms with Crippen LogP contribution in [0.25, 0.3) is 11.3 Å². The van der Waals surface area contributed by atoms with Crippen molar-refractivity contribution in [1.82, 2.24) is 19.8 Å². The van der Waals surface area contributed by atoms with Crippen molar-refractivity contribution in [2.75, 3.05) is 56.1 Å². The highest BCUT2D eigenvalue weighted by Gasteiger charge is 2.57. The minimum Gasteiger partial charge on any atom is -0.497 e. The summed E-state index contributed by atoms with van der Waals surface area (Å²) in [7, 11) is 3.11. The molecule has 9 rings (SSSR count). The third kappa shape index (κ3) is 9.36. The minimum absolute atomic E-state index is 0.0157. The summed E-state index contributed by atoms with van der Waals surface area (Å²) < 4.78 is 99.8. The Morgan fingerprint density at radius 1 is 1.03 bits per heavy atom. The van der Waals surface area contributed by atoms with Crippen LogP contribution in [-0.2, 0) is 30.5 Å². The van der Waals surface area contributed by atoms with Crippen LogP contribution in [0.5, 0.6) is 17.2 Å². The van der Waals surface area contributed by atoms with Gasteiger partial charge in [-0.15, -0.1) is 0 Å². The molecule has 2 aromatic heterocycles. The van der Waals surface area contributed by atoms with Crippen molar-refractivity contribution < 1.29 is 50.8 Å². The maximum atomic E-state index is 15.5. The number of carbonyl (C=O) groups is 1. The average molecular weight is 961 g/mol. The van der Waals surface area contributed by atoms with E-state index in [-0.39, 0.29) is 89.5 Å². The Labute approximate surface area is 393 Å². The molecule has 2 fully saturated rings. The number of nitrogens with one attached hydrogen (secondary N) is 2. The van der Waals surface area contributed by atoms with Gasteiger partial charge in [0.2, 0.25) is 0 Å². The summed E-state index contributed by atoms with van der Waals surface area (Å²) in [5.41, 5.74) is -0.207. The lowest BCUT2D eigenvalue weighted by atomic mass is 9.94. The predicted molar refractivity (Wildman–Crippen MR) is 245 cm³/mol. The van der Waals surface area contributed by atoms with Crippen molar-refractivity contribution >= 4 is 40.9 Å². The monoisotopic (exact) mass is 960 g/mol. The molecule has 1 amide bonds. The highest BCUT2D eigenvalue weighted by molar-refractivity contribution is 6.37. The number of aromatic nitrogens is 2. The van der Waals surface area contributed by atoms with Crippen molar-refractivity contribution in [2.24, 2.45) is 4.99 Å². The lowest BCUT2D eigenvalue weighted by molar-refractivity contribution is -0.137. The van der Waals surface area contributed by atoms with Crippen LogP contribution in [-0.4, -0.2) is 88.8 Å². The largest absolute Gasteiger partial charge is 0.497 e. The lowest BCUT2D eigenvalue weighted by Crippen LogP contribution is -2.42. The van der Waals surface area contributed by atoms with E-state index in [1.165, 1.54) is 31.5 Å². The van der Waals surface area contributed by atoms with Crippen LogP contribution in [0.1, 0.15) is 52.6 Å². The van der Waals surface area contributed by atoms with Gasteiger partial charge in [-0.2, -0.15) is 13.2 Å². The first-order valence-electron chi connectivity index (χ1n) is 21.6. The molecule has 3 N–H and O–H groups in total. The van der Waals surface area contributed by atoms with Crippen molar-refractivity contribution in [3.05, 3.63) is 130 Å². The van der Waals surface area contributed by atoms with Crippen LogP contribution in [0.2, 0.25) is 5.02 Å². The average Bonchev–Trinajstić information content (AvgIpc) is 3.74. The first-order valence-corrected chi connectivity index (χ1v) is 22.0. The highest BCUT2D eigenvalue weighted by atomic mass is 35.5. The Bertz CT molecular complexity index is 2750. The fraction of sp³-hybridized carbons (Fsp3) is 0.333. The first-order chi connectivity index (χ1) is 32.5. The van der Waals surface area contributed by atoms with Gasteiger partial charge in [0.15, 0.2) is 0 Å². The van der Waals surface area contributed by atoms with E-state index in [1.807, 2.05) is 29.2 Å². The zero-order chi connectivity index (χ0) is 48.0. The summed E-state index contributed by atoms with van der Waals surface area (Å²) in [6.45, 7) is 1.58. The van der Waals surface area contributed by atoms with Crippen molar-refractivity contribution in [3.63, 3.8) is 0 Å². The quantitative estimate of drug-likeness (QED) is 0.0911. The molecule has 356 valence electrons. The number of carboxylic acid groups (broad SMARTS) is 1. The number of rotatable bonds is 14. The predicted octanol–water partition coefficient (Wildman–Crippen LogP) is 10.2. The van der Waals surface area contributed by atoms with Crippen LogP contribution < -0.4 is 29.7 Å². The molecule has 5 aromatic rings. The maximum Gasteiger partial charge on any atom is 0.418 e. The summed E-state index contributed by atoms with van der Waals surface area (Å²) in [5, 5.41) is 14.9. The Morgan fingerprint density at radius 3 is 2.37 bits per heavy atom. The Kier molecular flexibility index (Phi) is 12.5. The number of hydrogen-bond donors (Lipinski definition) is 3. The van der Waals surface area contributed by atoms with Gasteiger partial charge in [-0.1, -0.05) is 41.9 Å². The number of benzene rings is 3. The normalized spacial score (nSPS) is 18.3. The second-order valence-corrected chi connectivity index (χ2v) is 17.4. The molecule has 20 heteroatoms. The summed E-state index contributed by atoms with van der Waals surface area (Å²) in [6.07, 6.45) is -2.66. The fourth-order valence-corrected chi connectivity index (χ4v) is 9.73. The summed E-state index contributed by atoms with van der Waals surface area (Å²) in [4.78, 5) is 30.7. The van der Waals surface area contributed by atoms with Crippen molar-refractivity contribution in [1.29, 1.82) is 0 Å². The zero-order valence-electron chi connectivity index (χ0n) is 37.1. The number of hydrogen-bond acceptors (Lipinski definition) is 12. The molecule has 0 unspecified atom stereocenters. The van der Waals surface area contributed by atoms with Gasteiger partial charge in [0.25, 0.3) is 5.92 Å². The van der Waals surface area contributed by atoms with E-state index in [4.69, 9.17) is 40.5 Å². The number of halogens is 6. The molecule has 6 heterocycles. The van der Waals surface area contributed by atoms with E-state index in [9.17, 15) is 18.7 Å². The SMILES string of the molecule is COc1ccc(CN(Cc2ccc(OC)cc2)c2cc(C)c(C(F)(F)F)c(-c3cc4c5c(c3Cl)NCN=C5N(Cc3cccnc3NC(=O)O)C=C(OC[C@@]35CCCN3CC(F)(F)C5)O4)n2)cc1. The van der Waals surface area contributed by atoms with Gasteiger partial charge in [0, 0.05) is 36.8 Å². The van der Waals surface area contributed by atoms with Crippen LogP contribution >= 0.6 is 11.6 Å². The molecule has 4 aliphatic heterocycles. The summed E-state index contributed by atoms with van der Waals surface area (Å²) in [6, 6.07) is 20.7. The van der Waals surface area contributed by atoms with Crippen LogP contribution in [0.15, 0.2) is 96.1 Å². The summed E-state index contributed by atoms with van der Waals surface area (Å²) >= 11 is 7.27. The van der Waals surface area contributed by atoms with Crippen LogP contribution in [0, 0.1) is 6.92 Å². The number of pyridine rings is 2. The van der Waals surface area contributed by atoms with E-state index in [2.05, 4.69) is 15.6 Å². The third-order valence-electron chi connectivity index (χ3n) is 12.5. The smallest absolute Gasteiger partial charge is 0.418 e. The molecule has 1 atom stereocenters. The second kappa shape index (κ2) is 18.3. The molecular weight excluding hydrogens is 915 g/mol. The van der Waals surface area contributed by atoms with Crippen molar-refractivity contribution in [3.8, 4) is 28.5 Å². The molecule has 2 saturated heterocycles. The topological polar surface area (TPSA) is 146 Å². The molecule has 0 bridgehead atoms. The number of aliphatic imine (C=N–C) groups is 1. The van der Waals surface area contributed by atoms with E-state index in [0.717, 1.165) is 11.1 Å². The Hall–Kier alpha value is -6.86. The van der Waals surface area contributed by atoms with Gasteiger partial charge in [0.05, 0.1) is 66.6 Å². The Balaban J connectivity index is 1.17. The number of aryl methyl sites for hydroxylation is 1. The van der Waals surface area contributed by atoms with E-state index >= 15 is 13.2 Å². The maximum absolute atomic E-state index is 15.5. The molecule has 3 aromatic carbocycles. The molecule has 0 saturated carbocycles. The standard InChI is InChI=1S/C48H46ClF5N8O6/c1-28-18-36(60(20-29-7-11-32(65-2)12-8-29)21-30-9-13-33(66-3)14-10-30)58-41(39(28)48(52,53)54)34-19-35-38-42(40(34)49)56-27-57-44(38)61(22-31-6-4-16-55-43(31)59-45(63)64)23-37(68-35)67-26-46-15-5-17-62(46)25-47(50,51)24-46/h4,6-14,16,18-19,23,56H,5,15,17,20-22,24-27H2,1-3H3,(H,55,59)(H,63,64)/t46-/m0/s1. The summed E-state index contributed by atoms with van der Waals surface area (Å²) in [5.74, 6) is -1.35. The first kappa shape index (κ1) is 46.3. The zero-order valence-corrected chi connectivity index (χ0v) is 37.8. The number of methoxy groups -OCH3 is 2. The highest BCUT2D eigenvalue weighted by Crippen LogP contribution is 2.50. The number of amides is 1. The lowest BCUT2D eigenvalue weighted by Gasteiger charge is -2.31. The number of nitrogens with zero attached hydrogens (tertiary/aromatic N) is 6. The molecule has 0 spiro atoms. The van der Waals surface area contributed by atoms with Gasteiger partial charge in [-0.3, -0.25) is 10.2 Å². The fourth-order valence-electron chi connectivity index (χ4n) is 9.42. The second-order valence-electron chi connectivity index (χ2n) is 17.1. The van der Waals surface area contributed by atoms with E-state index in [1.54, 1.807) is 60.4 Å². The minimum atomic E-state index is -4.90. The van der Waals surface area contributed by atoms with E-state index < -0.39 is 48.0 Å². The van der Waals surface area contributed by atoms with Gasteiger partial charge >= 0.3 is 18.2 Å². The Morgan fingerprint density at radius 2 is 1.72 bits per heavy atom. The molecule has 0 radical (unpaired) electrons. The third-order valence-corrected chi connectivity index (χ3v) is 12.9. The molecule has 68 heavy (non-hydrogen) atoms. The van der Waals surface area contributed by atoms with Crippen LogP contribution in [0.3, 0.4) is 0 Å². The van der Waals surface area contributed by atoms with Gasteiger partial charge < -0.3 is 39.2 Å². The number of alkyl halides is 5. The number of amidine groups is 1. The van der Waals surface area contributed by atoms with Gasteiger partial charge in [0.1, 0.15) is 48.0 Å². The molecular formula is C48H46ClF5N8O6. The van der Waals surface area contributed by atoms with Gasteiger partial charge in [-0.25, -0.2) is 28.5 Å². The van der Waals surface area contributed by atoms with Gasteiger partial charge in [-0.05, 0) is 85.5 Å². The molecule has 14 nitrogen and oxygen atoms in total. The van der Waals surface area contributed by atoms with Crippen molar-refractivity contribution in [2.45, 2.75) is 63.5 Å². The number of ether oxygens (including phenoxy) is 4. The molecule has 0 aliphatic carbocycles. The van der Waals surface area contributed by atoms with E-state index in [0.29, 0.717) is 36.4 Å². The van der Waals surface area contributed by atoms with Crippen LogP contribution in [0.4, 0.5) is 44.1 Å². The number of fused-ring (bicyclic) bond motifs is 1.